The third kappa shape index (κ3) is 2.62. The number of hydrogen-bond acceptors (Lipinski definition) is 2. The van der Waals surface area contributed by atoms with Crippen molar-refractivity contribution in [3.63, 3.8) is 0 Å². The Hall–Kier alpha value is -2.79. The molecule has 0 unspecified atom stereocenters. The summed E-state index contributed by atoms with van der Waals surface area (Å²) < 4.78 is 0. The number of benzene rings is 3. The Balaban J connectivity index is 1.83. The van der Waals surface area contributed by atoms with Gasteiger partial charge in [0.1, 0.15) is 0 Å². The van der Waals surface area contributed by atoms with E-state index in [1.165, 1.54) is 10.8 Å². The Morgan fingerprint density at radius 1 is 0.800 bits per heavy atom. The van der Waals surface area contributed by atoms with Crippen molar-refractivity contribution >= 4 is 22.1 Å². The number of nitrogens with one attached hydrogen (secondary N) is 1. The molecule has 0 fully saturated rings. The van der Waals surface area contributed by atoms with E-state index in [9.17, 15) is 0 Å². The normalized spacial score (nSPS) is 10.2. The molecule has 0 heterocycles. The predicted octanol–water partition coefficient (Wildman–Crippen LogP) is 4.65. The summed E-state index contributed by atoms with van der Waals surface area (Å²) in [5.74, 6) is 0. The second-order valence-electron chi connectivity index (χ2n) is 4.72. The molecule has 0 saturated heterocycles. The molecule has 0 amide bonds. The zero-order valence-corrected chi connectivity index (χ0v) is 11.0. The molecule has 0 spiro atoms. The molecule has 0 aliphatic carbocycles. The van der Waals surface area contributed by atoms with Crippen LogP contribution in [0.4, 0.5) is 11.4 Å². The molecule has 0 radical (unpaired) electrons. The Labute approximate surface area is 118 Å². The minimum Gasteiger partial charge on any atom is -0.356 e. The summed E-state index contributed by atoms with van der Waals surface area (Å²) in [6.07, 6.45) is 0.455. The summed E-state index contributed by atoms with van der Waals surface area (Å²) in [6, 6.07) is 24.7. The summed E-state index contributed by atoms with van der Waals surface area (Å²) in [7, 11) is 0. The van der Waals surface area contributed by atoms with Crippen LogP contribution in [0.15, 0.2) is 66.7 Å². The van der Waals surface area contributed by atoms with Crippen LogP contribution in [0.1, 0.15) is 5.56 Å². The van der Waals surface area contributed by atoms with E-state index < -0.39 is 0 Å². The summed E-state index contributed by atoms with van der Waals surface area (Å²) in [4.78, 5) is 0. The van der Waals surface area contributed by atoms with Gasteiger partial charge in [0.25, 0.3) is 0 Å². The molecule has 3 aromatic rings. The van der Waals surface area contributed by atoms with E-state index in [1.54, 1.807) is 0 Å². The number of hydrogen-bond donors (Lipinski definition) is 1. The van der Waals surface area contributed by atoms with Crippen molar-refractivity contribution < 1.29 is 0 Å². The summed E-state index contributed by atoms with van der Waals surface area (Å²) >= 11 is 0. The Kier molecular flexibility index (Phi) is 3.34. The minimum atomic E-state index is 0.455. The third-order valence-corrected chi connectivity index (χ3v) is 3.28. The lowest BCUT2D eigenvalue weighted by Crippen LogP contribution is -1.90. The van der Waals surface area contributed by atoms with Crippen LogP contribution in [-0.2, 0) is 6.42 Å². The topological polar surface area (TPSA) is 35.8 Å². The average molecular weight is 258 g/mol. The highest BCUT2D eigenvalue weighted by atomic mass is 14.9. The number of anilines is 2. The van der Waals surface area contributed by atoms with E-state index in [2.05, 4.69) is 41.7 Å². The fourth-order valence-corrected chi connectivity index (χ4v) is 2.23. The lowest BCUT2D eigenvalue weighted by atomic mass is 10.1. The average Bonchev–Trinajstić information content (AvgIpc) is 2.49. The SMILES string of the molecule is N#CCc1ccc(Nc2ccc3ccccc3c2)cc1. The second kappa shape index (κ2) is 5.46. The Bertz CT molecular complexity index is 767. The van der Waals surface area contributed by atoms with E-state index in [0.717, 1.165) is 16.9 Å². The maximum Gasteiger partial charge on any atom is 0.0669 e. The van der Waals surface area contributed by atoms with E-state index in [4.69, 9.17) is 5.26 Å². The zero-order valence-electron chi connectivity index (χ0n) is 11.0. The molecule has 0 saturated carbocycles. The number of rotatable bonds is 3. The van der Waals surface area contributed by atoms with Gasteiger partial charge in [-0.1, -0.05) is 42.5 Å². The number of fused-ring (bicyclic) bond motifs is 1. The molecule has 0 aromatic heterocycles. The molecule has 0 aliphatic rings. The van der Waals surface area contributed by atoms with Crippen molar-refractivity contribution in [3.8, 4) is 6.07 Å². The molecular formula is C18H14N2. The van der Waals surface area contributed by atoms with Crippen LogP contribution in [0.3, 0.4) is 0 Å². The number of nitriles is 1. The summed E-state index contributed by atoms with van der Waals surface area (Å²) in [5, 5.41) is 14.5. The molecule has 0 bridgehead atoms. The van der Waals surface area contributed by atoms with Gasteiger partial charge in [0, 0.05) is 11.4 Å². The monoisotopic (exact) mass is 258 g/mol. The first-order chi connectivity index (χ1) is 9.85. The van der Waals surface area contributed by atoms with Crippen molar-refractivity contribution in [3.05, 3.63) is 72.3 Å². The van der Waals surface area contributed by atoms with Gasteiger partial charge >= 0.3 is 0 Å². The first-order valence-electron chi connectivity index (χ1n) is 6.57. The zero-order chi connectivity index (χ0) is 13.8. The number of nitrogens with zero attached hydrogens (tertiary/aromatic N) is 1. The molecular weight excluding hydrogens is 244 g/mol. The highest BCUT2D eigenvalue weighted by Gasteiger charge is 1.98. The van der Waals surface area contributed by atoms with Gasteiger partial charge in [-0.3, -0.25) is 0 Å². The van der Waals surface area contributed by atoms with Crippen LogP contribution in [0.25, 0.3) is 10.8 Å². The Morgan fingerprint density at radius 2 is 1.50 bits per heavy atom. The Morgan fingerprint density at radius 3 is 2.25 bits per heavy atom. The fourth-order valence-electron chi connectivity index (χ4n) is 2.23. The van der Waals surface area contributed by atoms with Crippen LogP contribution in [0.5, 0.6) is 0 Å². The predicted molar refractivity (Wildman–Crippen MR) is 83.0 cm³/mol. The summed E-state index contributed by atoms with van der Waals surface area (Å²) in [5.41, 5.74) is 3.13. The van der Waals surface area contributed by atoms with Gasteiger partial charge in [-0.25, -0.2) is 0 Å². The molecule has 20 heavy (non-hydrogen) atoms. The van der Waals surface area contributed by atoms with Crippen LogP contribution in [0.2, 0.25) is 0 Å². The van der Waals surface area contributed by atoms with Crippen LogP contribution < -0.4 is 5.32 Å². The molecule has 3 aromatic carbocycles. The van der Waals surface area contributed by atoms with Crippen molar-refractivity contribution in [2.75, 3.05) is 5.32 Å². The van der Waals surface area contributed by atoms with E-state index in [1.807, 2.05) is 36.4 Å². The smallest absolute Gasteiger partial charge is 0.0669 e. The highest BCUT2D eigenvalue weighted by Crippen LogP contribution is 2.22. The van der Waals surface area contributed by atoms with Gasteiger partial charge in [-0.15, -0.1) is 0 Å². The van der Waals surface area contributed by atoms with Gasteiger partial charge in [0.15, 0.2) is 0 Å². The van der Waals surface area contributed by atoms with E-state index in [-0.39, 0.29) is 0 Å². The van der Waals surface area contributed by atoms with Crippen LogP contribution in [-0.4, -0.2) is 0 Å². The van der Waals surface area contributed by atoms with Gasteiger partial charge < -0.3 is 5.32 Å². The molecule has 96 valence electrons. The lowest BCUT2D eigenvalue weighted by molar-refractivity contribution is 1.26. The third-order valence-electron chi connectivity index (χ3n) is 3.28. The van der Waals surface area contributed by atoms with Gasteiger partial charge in [0.2, 0.25) is 0 Å². The fraction of sp³-hybridized carbons (Fsp3) is 0.0556. The van der Waals surface area contributed by atoms with Crippen LogP contribution in [0, 0.1) is 11.3 Å². The molecule has 2 nitrogen and oxygen atoms in total. The minimum absolute atomic E-state index is 0.455. The van der Waals surface area contributed by atoms with Gasteiger partial charge in [0.05, 0.1) is 12.5 Å². The molecule has 0 atom stereocenters. The maximum atomic E-state index is 8.66. The van der Waals surface area contributed by atoms with Crippen molar-refractivity contribution in [1.82, 2.24) is 0 Å². The second-order valence-corrected chi connectivity index (χ2v) is 4.72. The quantitative estimate of drug-likeness (QED) is 0.742. The first-order valence-corrected chi connectivity index (χ1v) is 6.57. The van der Waals surface area contributed by atoms with Crippen molar-refractivity contribution in [2.24, 2.45) is 0 Å². The van der Waals surface area contributed by atoms with E-state index in [0.29, 0.717) is 6.42 Å². The molecule has 0 aliphatic heterocycles. The lowest BCUT2D eigenvalue weighted by Gasteiger charge is -2.08. The highest BCUT2D eigenvalue weighted by molar-refractivity contribution is 5.86. The van der Waals surface area contributed by atoms with E-state index >= 15 is 0 Å². The molecule has 1 N–H and O–H groups in total. The molecule has 2 heteroatoms. The standard InChI is InChI=1S/C18H14N2/c19-12-11-14-5-8-17(9-6-14)20-18-10-7-15-3-1-2-4-16(15)13-18/h1-10,13,20H,11H2. The largest absolute Gasteiger partial charge is 0.356 e. The summed E-state index contributed by atoms with van der Waals surface area (Å²) in [6.45, 7) is 0. The van der Waals surface area contributed by atoms with Crippen molar-refractivity contribution in [2.45, 2.75) is 6.42 Å². The van der Waals surface area contributed by atoms with Gasteiger partial charge in [-0.05, 0) is 40.6 Å². The first kappa shape index (κ1) is 12.3. The maximum absolute atomic E-state index is 8.66. The van der Waals surface area contributed by atoms with Crippen molar-refractivity contribution in [1.29, 1.82) is 5.26 Å². The van der Waals surface area contributed by atoms with Crippen LogP contribution >= 0.6 is 0 Å². The van der Waals surface area contributed by atoms with Gasteiger partial charge in [-0.2, -0.15) is 5.26 Å². The molecule has 3 rings (SSSR count).